The number of amides is 3. The maximum absolute atomic E-state index is 13.0. The Kier molecular flexibility index (Phi) is 5.14. The van der Waals surface area contributed by atoms with Crippen molar-refractivity contribution in [2.24, 2.45) is 0 Å². The topological polar surface area (TPSA) is 73.0 Å². The average molecular weight is 413 g/mol. The highest BCUT2D eigenvalue weighted by molar-refractivity contribution is 7.17. The molecule has 29 heavy (non-hydrogen) atoms. The van der Waals surface area contributed by atoms with Gasteiger partial charge in [-0.1, -0.05) is 12.1 Å². The molecule has 0 saturated heterocycles. The van der Waals surface area contributed by atoms with Crippen LogP contribution in [0.4, 0.5) is 5.00 Å². The molecule has 1 aromatic carbocycles. The normalized spacial score (nSPS) is 16.4. The fourth-order valence-corrected chi connectivity index (χ4v) is 5.11. The summed E-state index contributed by atoms with van der Waals surface area (Å²) in [5, 5.41) is 3.46. The molecule has 2 aliphatic rings. The minimum Gasteiger partial charge on any atom is -0.333 e. The van der Waals surface area contributed by atoms with Crippen molar-refractivity contribution in [3.63, 3.8) is 0 Å². The van der Waals surface area contributed by atoms with Gasteiger partial charge in [0.2, 0.25) is 5.91 Å². The number of anilines is 1. The molecule has 152 valence electrons. The van der Waals surface area contributed by atoms with E-state index >= 15 is 0 Å². The van der Waals surface area contributed by atoms with Crippen molar-refractivity contribution >= 4 is 34.1 Å². The Morgan fingerprint density at radius 3 is 2.59 bits per heavy atom. The summed E-state index contributed by atoms with van der Waals surface area (Å²) in [6.07, 6.45) is 0.612. The molecule has 0 fully saturated rings. The van der Waals surface area contributed by atoms with E-state index in [9.17, 15) is 14.4 Å². The minimum atomic E-state index is -0.191. The number of nitrogens with zero attached hydrogens (tertiary/aromatic N) is 3. The first-order valence-electron chi connectivity index (χ1n) is 9.56. The molecule has 7 nitrogen and oxygen atoms in total. The quantitative estimate of drug-likeness (QED) is 0.837. The number of hydrogen-bond donors (Lipinski definition) is 1. The molecule has 0 atom stereocenters. The van der Waals surface area contributed by atoms with Crippen LogP contribution in [0.5, 0.6) is 0 Å². The fraction of sp³-hybridized carbons (Fsp3) is 0.381. The smallest absolute Gasteiger partial charge is 0.257 e. The van der Waals surface area contributed by atoms with Gasteiger partial charge in [-0.15, -0.1) is 11.3 Å². The van der Waals surface area contributed by atoms with Crippen LogP contribution < -0.4 is 5.32 Å². The molecule has 1 aromatic heterocycles. The summed E-state index contributed by atoms with van der Waals surface area (Å²) < 4.78 is 0. The Morgan fingerprint density at radius 1 is 1.17 bits per heavy atom. The summed E-state index contributed by atoms with van der Waals surface area (Å²) >= 11 is 1.41. The number of carbonyl (C=O) groups is 3. The standard InChI is InChI=1S/C21H24N4O3S/c1-23(2)10-13-4-6-14(7-5-13)20(27)25-9-8-15-16(11-25)29-19-18(15)21(28)24(3)12-17(26)22-19/h4-7H,8-12H2,1-3H3,(H,22,26). The number of carbonyl (C=O) groups excluding carboxylic acids is 3. The van der Waals surface area contributed by atoms with Gasteiger partial charge in [-0.25, -0.2) is 0 Å². The van der Waals surface area contributed by atoms with Crippen LogP contribution in [0, 0.1) is 0 Å². The molecular weight excluding hydrogens is 388 g/mol. The van der Waals surface area contributed by atoms with Crippen molar-refractivity contribution in [2.75, 3.05) is 39.5 Å². The summed E-state index contributed by atoms with van der Waals surface area (Å²) in [5.41, 5.74) is 3.39. The van der Waals surface area contributed by atoms with Gasteiger partial charge in [0, 0.05) is 30.6 Å². The van der Waals surface area contributed by atoms with Crippen molar-refractivity contribution in [1.29, 1.82) is 0 Å². The highest BCUT2D eigenvalue weighted by Crippen LogP contribution is 2.39. The maximum Gasteiger partial charge on any atom is 0.257 e. The van der Waals surface area contributed by atoms with Crippen molar-refractivity contribution < 1.29 is 14.4 Å². The molecule has 4 rings (SSSR count). The third kappa shape index (κ3) is 3.77. The SMILES string of the molecule is CN(C)Cc1ccc(C(=O)N2CCc3c(sc4c3C(=O)N(C)CC(=O)N4)C2)cc1. The summed E-state index contributed by atoms with van der Waals surface area (Å²) in [6, 6.07) is 7.72. The first-order valence-corrected chi connectivity index (χ1v) is 10.4. The molecule has 3 amide bonds. The second kappa shape index (κ2) is 7.61. The molecular formula is C21H24N4O3S. The van der Waals surface area contributed by atoms with Gasteiger partial charge >= 0.3 is 0 Å². The Balaban J connectivity index is 1.55. The van der Waals surface area contributed by atoms with Crippen LogP contribution in [0.2, 0.25) is 0 Å². The van der Waals surface area contributed by atoms with E-state index in [1.165, 1.54) is 16.2 Å². The molecule has 0 bridgehead atoms. The highest BCUT2D eigenvalue weighted by Gasteiger charge is 2.33. The largest absolute Gasteiger partial charge is 0.333 e. The average Bonchev–Trinajstić information content (AvgIpc) is 2.98. The molecule has 0 saturated carbocycles. The van der Waals surface area contributed by atoms with E-state index in [0.717, 1.165) is 22.5 Å². The summed E-state index contributed by atoms with van der Waals surface area (Å²) in [6.45, 7) is 1.90. The predicted octanol–water partition coefficient (Wildman–Crippen LogP) is 2.03. The molecule has 0 radical (unpaired) electrons. The zero-order valence-corrected chi connectivity index (χ0v) is 17.6. The Labute approximate surface area is 173 Å². The second-order valence-corrected chi connectivity index (χ2v) is 8.93. The fourth-order valence-electron chi connectivity index (χ4n) is 3.84. The van der Waals surface area contributed by atoms with Crippen LogP contribution >= 0.6 is 11.3 Å². The number of thiophene rings is 1. The number of benzene rings is 1. The van der Waals surface area contributed by atoms with Gasteiger partial charge in [-0.2, -0.15) is 0 Å². The molecule has 2 aliphatic heterocycles. The third-order valence-corrected chi connectivity index (χ3v) is 6.37. The monoisotopic (exact) mass is 412 g/mol. The second-order valence-electron chi connectivity index (χ2n) is 7.83. The lowest BCUT2D eigenvalue weighted by Gasteiger charge is -2.27. The van der Waals surface area contributed by atoms with E-state index < -0.39 is 0 Å². The van der Waals surface area contributed by atoms with Crippen LogP contribution in [0.15, 0.2) is 24.3 Å². The third-order valence-electron chi connectivity index (χ3n) is 5.24. The number of rotatable bonds is 3. The molecule has 2 aromatic rings. The van der Waals surface area contributed by atoms with E-state index in [2.05, 4.69) is 10.2 Å². The van der Waals surface area contributed by atoms with Crippen molar-refractivity contribution in [3.05, 3.63) is 51.4 Å². The number of likely N-dealkylation sites (N-methyl/N-ethyl adjacent to an activating group) is 1. The van der Waals surface area contributed by atoms with Gasteiger partial charge in [-0.3, -0.25) is 14.4 Å². The van der Waals surface area contributed by atoms with Gasteiger partial charge in [0.05, 0.1) is 18.7 Å². The number of hydrogen-bond acceptors (Lipinski definition) is 5. The molecule has 0 unspecified atom stereocenters. The minimum absolute atomic E-state index is 0.0110. The lowest BCUT2D eigenvalue weighted by atomic mass is 10.0. The first-order chi connectivity index (χ1) is 13.8. The first kappa shape index (κ1) is 19.6. The van der Waals surface area contributed by atoms with Gasteiger partial charge in [0.1, 0.15) is 5.00 Å². The van der Waals surface area contributed by atoms with E-state index in [4.69, 9.17) is 0 Å². The molecule has 1 N–H and O–H groups in total. The van der Waals surface area contributed by atoms with Crippen LogP contribution in [0.1, 0.15) is 36.7 Å². The summed E-state index contributed by atoms with van der Waals surface area (Å²) in [5.74, 6) is -0.334. The molecule has 0 spiro atoms. The molecule has 8 heteroatoms. The number of nitrogens with one attached hydrogen (secondary N) is 1. The van der Waals surface area contributed by atoms with Gasteiger partial charge in [0.15, 0.2) is 0 Å². The summed E-state index contributed by atoms with van der Waals surface area (Å²) in [4.78, 5) is 44.0. The van der Waals surface area contributed by atoms with Crippen LogP contribution in [0.25, 0.3) is 0 Å². The zero-order chi connectivity index (χ0) is 20.7. The maximum atomic E-state index is 13.0. The Morgan fingerprint density at radius 2 is 1.90 bits per heavy atom. The molecule has 3 heterocycles. The van der Waals surface area contributed by atoms with Gasteiger partial charge in [-0.05, 0) is 43.8 Å². The summed E-state index contributed by atoms with van der Waals surface area (Å²) in [7, 11) is 5.66. The zero-order valence-electron chi connectivity index (χ0n) is 16.8. The van der Waals surface area contributed by atoms with E-state index in [1.54, 1.807) is 7.05 Å². The van der Waals surface area contributed by atoms with E-state index in [1.807, 2.05) is 43.3 Å². The van der Waals surface area contributed by atoms with Gasteiger partial charge in [0.25, 0.3) is 11.8 Å². The lowest BCUT2D eigenvalue weighted by Crippen LogP contribution is -2.36. The predicted molar refractivity (Wildman–Crippen MR) is 112 cm³/mol. The van der Waals surface area contributed by atoms with E-state index in [-0.39, 0.29) is 24.3 Å². The van der Waals surface area contributed by atoms with Crippen molar-refractivity contribution in [1.82, 2.24) is 14.7 Å². The highest BCUT2D eigenvalue weighted by atomic mass is 32.1. The van der Waals surface area contributed by atoms with Gasteiger partial charge < -0.3 is 20.0 Å². The Hall–Kier alpha value is -2.71. The van der Waals surface area contributed by atoms with Crippen LogP contribution in [-0.2, 0) is 24.3 Å². The number of fused-ring (bicyclic) bond motifs is 3. The van der Waals surface area contributed by atoms with E-state index in [0.29, 0.717) is 35.6 Å². The van der Waals surface area contributed by atoms with Crippen LogP contribution in [-0.4, -0.2) is 66.7 Å². The van der Waals surface area contributed by atoms with Crippen molar-refractivity contribution in [2.45, 2.75) is 19.5 Å². The Bertz CT molecular complexity index is 981. The van der Waals surface area contributed by atoms with Crippen molar-refractivity contribution in [3.8, 4) is 0 Å². The van der Waals surface area contributed by atoms with Crippen LogP contribution in [0.3, 0.4) is 0 Å². The lowest BCUT2D eigenvalue weighted by molar-refractivity contribution is -0.116. The molecule has 0 aliphatic carbocycles.